The lowest BCUT2D eigenvalue weighted by atomic mass is 9.93. The van der Waals surface area contributed by atoms with Gasteiger partial charge in [0.1, 0.15) is 18.0 Å². The monoisotopic (exact) mass is 386 g/mol. The Hall–Kier alpha value is -2.17. The Labute approximate surface area is 169 Å². The van der Waals surface area contributed by atoms with Crippen LogP contribution < -0.4 is 9.64 Å². The Bertz CT molecular complexity index is 749. The number of rotatable bonds is 3. The zero-order valence-corrected chi connectivity index (χ0v) is 18.0. The summed E-state index contributed by atoms with van der Waals surface area (Å²) in [5.74, 6) is 0.984. The van der Waals surface area contributed by atoms with Crippen LogP contribution in [0.2, 0.25) is 0 Å². The van der Waals surface area contributed by atoms with Gasteiger partial charge in [0.25, 0.3) is 0 Å². The van der Waals surface area contributed by atoms with E-state index in [1.165, 1.54) is 22.4 Å². The molecule has 2 aliphatic rings. The van der Waals surface area contributed by atoms with E-state index in [1.54, 1.807) is 0 Å². The lowest BCUT2D eigenvalue weighted by Gasteiger charge is -2.34. The van der Waals surface area contributed by atoms with Crippen molar-refractivity contribution in [3.8, 4) is 5.75 Å². The van der Waals surface area contributed by atoms with E-state index in [-0.39, 0.29) is 6.09 Å². The SMILES string of the molecule is C/C=C/c1c2c(cc3c1N(CCC)CCO3)CCN(C(=O)OC(C)(C)C)CC2. The number of amides is 1. The van der Waals surface area contributed by atoms with Crippen LogP contribution in [0.25, 0.3) is 6.08 Å². The number of carbonyl (C=O) groups is 1. The van der Waals surface area contributed by atoms with Gasteiger partial charge in [-0.05, 0) is 64.2 Å². The van der Waals surface area contributed by atoms with Gasteiger partial charge < -0.3 is 19.3 Å². The molecule has 0 radical (unpaired) electrons. The van der Waals surface area contributed by atoms with E-state index in [1.807, 2.05) is 25.7 Å². The predicted molar refractivity (Wildman–Crippen MR) is 114 cm³/mol. The molecule has 0 aromatic heterocycles. The van der Waals surface area contributed by atoms with Gasteiger partial charge in [-0.2, -0.15) is 0 Å². The number of fused-ring (bicyclic) bond motifs is 2. The van der Waals surface area contributed by atoms with Crippen molar-refractivity contribution in [1.82, 2.24) is 4.90 Å². The van der Waals surface area contributed by atoms with Gasteiger partial charge in [0.05, 0.1) is 12.2 Å². The summed E-state index contributed by atoms with van der Waals surface area (Å²) in [6.45, 7) is 14.0. The number of allylic oxidation sites excluding steroid dienone is 1. The summed E-state index contributed by atoms with van der Waals surface area (Å²) in [5, 5.41) is 0. The Morgan fingerprint density at radius 1 is 1.25 bits per heavy atom. The minimum atomic E-state index is -0.472. The second-order valence-electron chi connectivity index (χ2n) is 8.58. The molecule has 1 aromatic rings. The summed E-state index contributed by atoms with van der Waals surface area (Å²) in [5.41, 5.74) is 4.63. The third-order valence-corrected chi connectivity index (χ3v) is 5.20. The molecule has 0 saturated carbocycles. The van der Waals surface area contributed by atoms with Crippen LogP contribution >= 0.6 is 0 Å². The second kappa shape index (κ2) is 8.46. The maximum Gasteiger partial charge on any atom is 0.410 e. The first-order valence-electron chi connectivity index (χ1n) is 10.5. The lowest BCUT2D eigenvalue weighted by molar-refractivity contribution is 0.0258. The first kappa shape index (κ1) is 20.6. The number of nitrogens with zero attached hydrogens (tertiary/aromatic N) is 2. The van der Waals surface area contributed by atoms with Gasteiger partial charge in [-0.3, -0.25) is 0 Å². The number of anilines is 1. The highest BCUT2D eigenvalue weighted by atomic mass is 16.6. The average Bonchev–Trinajstić information content (AvgIpc) is 2.83. The highest BCUT2D eigenvalue weighted by Crippen LogP contribution is 2.41. The topological polar surface area (TPSA) is 42.0 Å². The van der Waals surface area contributed by atoms with Gasteiger partial charge in [0, 0.05) is 25.2 Å². The minimum Gasteiger partial charge on any atom is -0.490 e. The number of hydrogen-bond donors (Lipinski definition) is 0. The predicted octanol–water partition coefficient (Wildman–Crippen LogP) is 4.66. The van der Waals surface area contributed by atoms with Crippen LogP contribution in [-0.2, 0) is 17.6 Å². The molecule has 0 N–H and O–H groups in total. The molecule has 0 unspecified atom stereocenters. The first-order valence-corrected chi connectivity index (χ1v) is 10.5. The van der Waals surface area contributed by atoms with Crippen LogP contribution in [0.4, 0.5) is 10.5 Å². The minimum absolute atomic E-state index is 0.221. The smallest absolute Gasteiger partial charge is 0.410 e. The fourth-order valence-electron chi connectivity index (χ4n) is 4.06. The molecule has 0 bridgehead atoms. The highest BCUT2D eigenvalue weighted by molar-refractivity contribution is 5.79. The quantitative estimate of drug-likeness (QED) is 0.757. The Morgan fingerprint density at radius 3 is 2.68 bits per heavy atom. The molecule has 2 aliphatic heterocycles. The molecule has 2 heterocycles. The van der Waals surface area contributed by atoms with Gasteiger partial charge in [-0.1, -0.05) is 19.1 Å². The maximum absolute atomic E-state index is 12.6. The standard InChI is InChI=1S/C23H34N2O3/c1-6-8-19-18-10-13-25(22(26)28-23(3,4)5)12-9-17(18)16-20-21(19)24(11-7-2)14-15-27-20/h6,8,16H,7,9-15H2,1-5H3/b8-6+. The zero-order chi connectivity index (χ0) is 20.3. The van der Waals surface area contributed by atoms with Crippen LogP contribution in [0.3, 0.4) is 0 Å². The van der Waals surface area contributed by atoms with E-state index in [4.69, 9.17) is 9.47 Å². The molecule has 28 heavy (non-hydrogen) atoms. The molecular weight excluding hydrogens is 352 g/mol. The summed E-state index contributed by atoms with van der Waals surface area (Å²) in [7, 11) is 0. The summed E-state index contributed by atoms with van der Waals surface area (Å²) in [4.78, 5) is 16.9. The van der Waals surface area contributed by atoms with E-state index in [0.717, 1.165) is 44.7 Å². The van der Waals surface area contributed by atoms with Crippen molar-refractivity contribution >= 4 is 17.9 Å². The van der Waals surface area contributed by atoms with Gasteiger partial charge in [-0.15, -0.1) is 0 Å². The summed E-state index contributed by atoms with van der Waals surface area (Å²) in [6.07, 6.45) is 6.86. The molecule has 1 aromatic carbocycles. The molecule has 0 aliphatic carbocycles. The normalized spacial score (nSPS) is 17.0. The number of ether oxygens (including phenoxy) is 2. The summed E-state index contributed by atoms with van der Waals surface area (Å²) >= 11 is 0. The van der Waals surface area contributed by atoms with Crippen molar-refractivity contribution in [2.75, 3.05) is 37.7 Å². The largest absolute Gasteiger partial charge is 0.490 e. The van der Waals surface area contributed by atoms with Crippen molar-refractivity contribution in [2.24, 2.45) is 0 Å². The van der Waals surface area contributed by atoms with Crippen LogP contribution in [0.5, 0.6) is 5.75 Å². The van der Waals surface area contributed by atoms with Crippen LogP contribution in [0.15, 0.2) is 12.1 Å². The Balaban J connectivity index is 1.94. The lowest BCUT2D eigenvalue weighted by Crippen LogP contribution is -2.38. The third-order valence-electron chi connectivity index (χ3n) is 5.20. The highest BCUT2D eigenvalue weighted by Gasteiger charge is 2.29. The molecule has 0 saturated heterocycles. The van der Waals surface area contributed by atoms with Crippen molar-refractivity contribution < 1.29 is 14.3 Å². The molecule has 0 atom stereocenters. The second-order valence-corrected chi connectivity index (χ2v) is 8.58. The van der Waals surface area contributed by atoms with Crippen molar-refractivity contribution in [3.63, 3.8) is 0 Å². The van der Waals surface area contributed by atoms with E-state index in [9.17, 15) is 4.79 Å². The summed E-state index contributed by atoms with van der Waals surface area (Å²) in [6, 6.07) is 2.21. The van der Waals surface area contributed by atoms with Crippen molar-refractivity contribution in [2.45, 2.75) is 59.5 Å². The van der Waals surface area contributed by atoms with Crippen LogP contribution in [0.1, 0.15) is 57.7 Å². The van der Waals surface area contributed by atoms with E-state index >= 15 is 0 Å². The van der Waals surface area contributed by atoms with E-state index < -0.39 is 5.60 Å². The molecule has 1 amide bonds. The molecule has 3 rings (SSSR count). The molecule has 5 heteroatoms. The van der Waals surface area contributed by atoms with Crippen molar-refractivity contribution in [3.05, 3.63) is 28.8 Å². The maximum atomic E-state index is 12.6. The molecule has 5 nitrogen and oxygen atoms in total. The van der Waals surface area contributed by atoms with E-state index in [2.05, 4.69) is 37.0 Å². The Kier molecular flexibility index (Phi) is 6.21. The van der Waals surface area contributed by atoms with Crippen molar-refractivity contribution in [1.29, 1.82) is 0 Å². The fraction of sp³-hybridized carbons (Fsp3) is 0.609. The van der Waals surface area contributed by atoms with Gasteiger partial charge in [-0.25, -0.2) is 4.79 Å². The number of carbonyl (C=O) groups excluding carboxylic acids is 1. The van der Waals surface area contributed by atoms with Gasteiger partial charge >= 0.3 is 6.09 Å². The van der Waals surface area contributed by atoms with Crippen LogP contribution in [0, 0.1) is 0 Å². The molecular formula is C23H34N2O3. The average molecular weight is 387 g/mol. The molecule has 0 spiro atoms. The fourth-order valence-corrected chi connectivity index (χ4v) is 4.06. The van der Waals surface area contributed by atoms with Crippen LogP contribution in [-0.4, -0.2) is 49.4 Å². The number of benzene rings is 1. The number of hydrogen-bond acceptors (Lipinski definition) is 4. The molecule has 0 fully saturated rings. The Morgan fingerprint density at radius 2 is 2.00 bits per heavy atom. The van der Waals surface area contributed by atoms with Gasteiger partial charge in [0.15, 0.2) is 0 Å². The third kappa shape index (κ3) is 4.45. The first-order chi connectivity index (χ1) is 13.3. The van der Waals surface area contributed by atoms with Gasteiger partial charge in [0.2, 0.25) is 0 Å². The zero-order valence-electron chi connectivity index (χ0n) is 18.0. The van der Waals surface area contributed by atoms with E-state index in [0.29, 0.717) is 13.1 Å². The molecule has 154 valence electrons. The summed E-state index contributed by atoms with van der Waals surface area (Å²) < 4.78 is 11.7.